The zero-order valence-electron chi connectivity index (χ0n) is 52.0. The van der Waals surface area contributed by atoms with Gasteiger partial charge in [-0.15, -0.1) is 0 Å². The van der Waals surface area contributed by atoms with E-state index in [4.69, 9.17) is 14.2 Å². The largest absolute Gasteiger partial charge is 0.462 e. The minimum Gasteiger partial charge on any atom is -0.462 e. The van der Waals surface area contributed by atoms with Gasteiger partial charge >= 0.3 is 17.9 Å². The Morgan fingerprint density at radius 1 is 0.260 bits per heavy atom. The number of rotatable bonds is 64. The van der Waals surface area contributed by atoms with E-state index >= 15 is 0 Å². The van der Waals surface area contributed by atoms with Crippen molar-refractivity contribution in [1.29, 1.82) is 0 Å². The highest BCUT2D eigenvalue weighted by atomic mass is 16.6. The molecule has 0 aromatic heterocycles. The quantitative estimate of drug-likeness (QED) is 0.0261. The molecule has 0 saturated carbocycles. The van der Waals surface area contributed by atoms with Crippen molar-refractivity contribution in [3.05, 3.63) is 36.5 Å². The molecule has 77 heavy (non-hydrogen) atoms. The molecule has 0 aliphatic heterocycles. The third-order valence-corrected chi connectivity index (χ3v) is 15.6. The van der Waals surface area contributed by atoms with E-state index in [2.05, 4.69) is 57.2 Å². The third-order valence-electron chi connectivity index (χ3n) is 15.6. The Bertz CT molecular complexity index is 1290. The lowest BCUT2D eigenvalue weighted by atomic mass is 10.0. The average Bonchev–Trinajstić information content (AvgIpc) is 3.43. The van der Waals surface area contributed by atoms with Crippen LogP contribution in [0, 0.1) is 0 Å². The van der Waals surface area contributed by atoms with Crippen LogP contribution in [0.3, 0.4) is 0 Å². The second-order valence-corrected chi connectivity index (χ2v) is 23.4. The van der Waals surface area contributed by atoms with Crippen molar-refractivity contribution in [3.8, 4) is 0 Å². The summed E-state index contributed by atoms with van der Waals surface area (Å²) >= 11 is 0. The molecule has 0 rings (SSSR count). The van der Waals surface area contributed by atoms with Gasteiger partial charge in [0, 0.05) is 19.3 Å². The van der Waals surface area contributed by atoms with E-state index in [1.165, 1.54) is 276 Å². The van der Waals surface area contributed by atoms with Crippen molar-refractivity contribution in [1.82, 2.24) is 0 Å². The van der Waals surface area contributed by atoms with E-state index in [-0.39, 0.29) is 31.1 Å². The molecule has 0 bridgehead atoms. The van der Waals surface area contributed by atoms with E-state index in [1.54, 1.807) is 0 Å². The molecule has 0 fully saturated rings. The molecule has 0 saturated heterocycles. The molecular formula is C71H132O6. The molecule has 0 aliphatic carbocycles. The molecule has 1 atom stereocenters. The molecule has 0 aromatic rings. The van der Waals surface area contributed by atoms with Gasteiger partial charge in [0.2, 0.25) is 0 Å². The van der Waals surface area contributed by atoms with E-state index in [0.717, 1.165) is 64.2 Å². The minimum atomic E-state index is -0.773. The number of hydrogen-bond acceptors (Lipinski definition) is 6. The summed E-state index contributed by atoms with van der Waals surface area (Å²) in [6.07, 6.45) is 81.5. The van der Waals surface area contributed by atoms with Crippen LogP contribution in [-0.2, 0) is 28.6 Å². The number of hydrogen-bond donors (Lipinski definition) is 0. The van der Waals surface area contributed by atoms with E-state index in [1.807, 2.05) is 0 Å². The Kier molecular flexibility index (Phi) is 64.1. The zero-order chi connectivity index (χ0) is 55.7. The van der Waals surface area contributed by atoms with Crippen LogP contribution in [0.5, 0.6) is 0 Å². The van der Waals surface area contributed by atoms with Crippen LogP contribution in [0.2, 0.25) is 0 Å². The van der Waals surface area contributed by atoms with Gasteiger partial charge in [0.25, 0.3) is 0 Å². The maximum atomic E-state index is 12.9. The van der Waals surface area contributed by atoms with Gasteiger partial charge in [-0.2, -0.15) is 0 Å². The summed E-state index contributed by atoms with van der Waals surface area (Å²) in [5, 5.41) is 0. The molecule has 0 aliphatic rings. The molecule has 0 aromatic carbocycles. The minimum absolute atomic E-state index is 0.0689. The van der Waals surface area contributed by atoms with Crippen LogP contribution in [0.15, 0.2) is 36.5 Å². The maximum absolute atomic E-state index is 12.9. The van der Waals surface area contributed by atoms with Crippen molar-refractivity contribution in [2.45, 2.75) is 386 Å². The Morgan fingerprint density at radius 2 is 0.468 bits per heavy atom. The molecule has 452 valence electrons. The topological polar surface area (TPSA) is 78.9 Å². The Balaban J connectivity index is 4.32. The first-order valence-corrected chi connectivity index (χ1v) is 34.5. The summed E-state index contributed by atoms with van der Waals surface area (Å²) in [5.41, 5.74) is 0. The van der Waals surface area contributed by atoms with Crippen LogP contribution in [0.25, 0.3) is 0 Å². The van der Waals surface area contributed by atoms with Crippen molar-refractivity contribution in [2.75, 3.05) is 13.2 Å². The molecule has 0 N–H and O–H groups in total. The van der Waals surface area contributed by atoms with Gasteiger partial charge in [0.1, 0.15) is 13.2 Å². The van der Waals surface area contributed by atoms with E-state index in [9.17, 15) is 14.4 Å². The first kappa shape index (κ1) is 74.6. The molecule has 0 spiro atoms. The SMILES string of the molecule is CCCCC/C=C\C/C=C\CCCCCCCCCCCC(=O)OC[C@H](COC(=O)CCCCCCCCCCCCC/C=C\CCCCCCCC)OC(=O)CCCCCCCCCCCCCCCCCCCCC. The second-order valence-electron chi connectivity index (χ2n) is 23.4. The van der Waals surface area contributed by atoms with E-state index < -0.39 is 6.10 Å². The van der Waals surface area contributed by atoms with Crippen LogP contribution in [0.1, 0.15) is 380 Å². The first-order valence-electron chi connectivity index (χ1n) is 34.5. The van der Waals surface area contributed by atoms with Crippen molar-refractivity contribution < 1.29 is 28.6 Å². The Hall–Kier alpha value is -2.37. The number of carbonyl (C=O) groups is 3. The summed E-state index contributed by atoms with van der Waals surface area (Å²) < 4.78 is 17.0. The highest BCUT2D eigenvalue weighted by Gasteiger charge is 2.19. The highest BCUT2D eigenvalue weighted by Crippen LogP contribution is 2.18. The summed E-state index contributed by atoms with van der Waals surface area (Å²) in [6, 6.07) is 0. The number of allylic oxidation sites excluding steroid dienone is 6. The van der Waals surface area contributed by atoms with Crippen molar-refractivity contribution in [3.63, 3.8) is 0 Å². The fourth-order valence-electron chi connectivity index (χ4n) is 10.4. The van der Waals surface area contributed by atoms with Gasteiger partial charge in [-0.25, -0.2) is 0 Å². The second kappa shape index (κ2) is 66.1. The molecule has 6 nitrogen and oxygen atoms in total. The lowest BCUT2D eigenvalue weighted by Crippen LogP contribution is -2.30. The van der Waals surface area contributed by atoms with Crippen LogP contribution in [-0.4, -0.2) is 37.2 Å². The number of carbonyl (C=O) groups excluding carboxylic acids is 3. The zero-order valence-corrected chi connectivity index (χ0v) is 52.0. The lowest BCUT2D eigenvalue weighted by molar-refractivity contribution is -0.167. The van der Waals surface area contributed by atoms with Crippen molar-refractivity contribution >= 4 is 17.9 Å². The molecular weight excluding hydrogens is 949 g/mol. The maximum Gasteiger partial charge on any atom is 0.306 e. The molecule has 0 radical (unpaired) electrons. The normalized spacial score (nSPS) is 12.2. The monoisotopic (exact) mass is 1080 g/mol. The molecule has 0 heterocycles. The number of unbranched alkanes of at least 4 members (excludes halogenated alkanes) is 47. The van der Waals surface area contributed by atoms with Crippen LogP contribution < -0.4 is 0 Å². The van der Waals surface area contributed by atoms with Gasteiger partial charge in [0.05, 0.1) is 0 Å². The number of ether oxygens (including phenoxy) is 3. The average molecular weight is 1080 g/mol. The Morgan fingerprint density at radius 3 is 0.753 bits per heavy atom. The predicted octanol–water partition coefficient (Wildman–Crippen LogP) is 23.6. The molecule has 0 amide bonds. The predicted molar refractivity (Wildman–Crippen MR) is 335 cm³/mol. The van der Waals surface area contributed by atoms with Gasteiger partial charge in [-0.1, -0.05) is 320 Å². The summed E-state index contributed by atoms with van der Waals surface area (Å²) in [4.78, 5) is 38.4. The summed E-state index contributed by atoms with van der Waals surface area (Å²) in [6.45, 7) is 6.68. The van der Waals surface area contributed by atoms with Crippen LogP contribution in [0.4, 0.5) is 0 Å². The summed E-state index contributed by atoms with van der Waals surface area (Å²) in [5.74, 6) is -0.844. The summed E-state index contributed by atoms with van der Waals surface area (Å²) in [7, 11) is 0. The van der Waals surface area contributed by atoms with Gasteiger partial charge in [-0.3, -0.25) is 14.4 Å². The fraction of sp³-hybridized carbons (Fsp3) is 0.873. The third kappa shape index (κ3) is 64.3. The van der Waals surface area contributed by atoms with Gasteiger partial charge < -0.3 is 14.2 Å². The highest BCUT2D eigenvalue weighted by molar-refractivity contribution is 5.71. The lowest BCUT2D eigenvalue weighted by Gasteiger charge is -2.18. The molecule has 0 unspecified atom stereocenters. The standard InChI is InChI=1S/C71H132O6/c1-4-7-10-13-16-19-22-25-28-31-34-35-38-40-43-46-49-52-55-58-61-64-70(73)76-67-68(77-71(74)65-62-59-56-53-50-47-44-41-37-33-30-27-24-21-18-15-12-9-6-3)66-75-69(72)63-60-57-54-51-48-45-42-39-36-32-29-26-23-20-17-14-11-8-5-2/h17,20,25-26,28-29,68H,4-16,18-19,21-24,27,30-67H2,1-3H3/b20-17-,28-25-,29-26-/t68-/m1/s1. The number of esters is 3. The van der Waals surface area contributed by atoms with E-state index in [0.29, 0.717) is 19.3 Å². The Labute approximate surface area is 480 Å². The van der Waals surface area contributed by atoms with Gasteiger partial charge in [-0.05, 0) is 77.0 Å². The molecule has 6 heteroatoms. The first-order chi connectivity index (χ1) is 38.0. The smallest absolute Gasteiger partial charge is 0.306 e. The fourth-order valence-corrected chi connectivity index (χ4v) is 10.4. The van der Waals surface area contributed by atoms with Gasteiger partial charge in [0.15, 0.2) is 6.10 Å². The van der Waals surface area contributed by atoms with Crippen LogP contribution >= 0.6 is 0 Å². The van der Waals surface area contributed by atoms with Crippen molar-refractivity contribution in [2.24, 2.45) is 0 Å².